The Morgan fingerprint density at radius 2 is 2.38 bits per heavy atom. The fourth-order valence-electron chi connectivity index (χ4n) is 1.01. The van der Waals surface area contributed by atoms with Gasteiger partial charge in [-0.25, -0.2) is 4.68 Å². The van der Waals surface area contributed by atoms with Gasteiger partial charge in [-0.15, -0.1) is 0 Å². The number of nitrogens with zero attached hydrogens (tertiary/aromatic N) is 3. The van der Waals surface area contributed by atoms with E-state index in [4.69, 9.17) is 11.0 Å². The molecule has 1 aromatic heterocycles. The monoisotopic (exact) mass is 179 g/mol. The molecule has 0 aromatic carbocycles. The minimum Gasteiger partial charge on any atom is -0.383 e. The summed E-state index contributed by atoms with van der Waals surface area (Å²) in [6, 6.07) is 2.02. The van der Waals surface area contributed by atoms with E-state index >= 15 is 0 Å². The Hall–Kier alpha value is -1.70. The summed E-state index contributed by atoms with van der Waals surface area (Å²) < 4.78 is 1.50. The van der Waals surface area contributed by atoms with Crippen LogP contribution in [0.4, 0.5) is 11.6 Å². The van der Waals surface area contributed by atoms with Crippen molar-refractivity contribution in [2.24, 2.45) is 7.05 Å². The zero-order chi connectivity index (χ0) is 9.84. The van der Waals surface area contributed by atoms with Crippen LogP contribution in [0.2, 0.25) is 0 Å². The Labute approximate surface area is 77.1 Å². The smallest absolute Gasteiger partial charge is 0.168 e. The third-order valence-electron chi connectivity index (χ3n) is 1.75. The highest BCUT2D eigenvalue weighted by Crippen LogP contribution is 2.18. The maximum Gasteiger partial charge on any atom is 0.168 e. The predicted octanol–water partition coefficient (Wildman–Crippen LogP) is 0.696. The van der Waals surface area contributed by atoms with Crippen LogP contribution in [0.5, 0.6) is 0 Å². The third-order valence-corrected chi connectivity index (χ3v) is 1.75. The lowest BCUT2D eigenvalue weighted by Crippen LogP contribution is -2.02. The van der Waals surface area contributed by atoms with Crippen LogP contribution in [-0.4, -0.2) is 16.3 Å². The fourth-order valence-corrected chi connectivity index (χ4v) is 1.01. The summed E-state index contributed by atoms with van der Waals surface area (Å²) in [7, 11) is 1.72. The highest BCUT2D eigenvalue weighted by Gasteiger charge is 2.11. The lowest BCUT2D eigenvalue weighted by Gasteiger charge is -1.98. The maximum absolute atomic E-state index is 8.79. The molecule has 13 heavy (non-hydrogen) atoms. The predicted molar refractivity (Wildman–Crippen MR) is 51.1 cm³/mol. The minimum absolute atomic E-state index is 0.404. The third kappa shape index (κ3) is 1.72. The Bertz CT molecular complexity index is 333. The van der Waals surface area contributed by atoms with Crippen LogP contribution in [-0.2, 0) is 7.05 Å². The molecule has 0 aliphatic heterocycles. The summed E-state index contributed by atoms with van der Waals surface area (Å²) >= 11 is 0. The topological polar surface area (TPSA) is 79.7 Å². The molecule has 0 fully saturated rings. The first-order chi connectivity index (χ1) is 6.20. The van der Waals surface area contributed by atoms with E-state index in [0.29, 0.717) is 17.2 Å². The van der Waals surface area contributed by atoms with Crippen LogP contribution in [0.15, 0.2) is 0 Å². The van der Waals surface area contributed by atoms with Gasteiger partial charge in [-0.1, -0.05) is 6.92 Å². The summed E-state index contributed by atoms with van der Waals surface area (Å²) in [5.74, 6) is 0.977. The van der Waals surface area contributed by atoms with Crippen molar-refractivity contribution in [2.45, 2.75) is 13.3 Å². The average molecular weight is 179 g/mol. The van der Waals surface area contributed by atoms with Gasteiger partial charge in [0.1, 0.15) is 17.5 Å². The molecule has 0 atom stereocenters. The number of nitrogens with two attached hydrogens (primary N) is 1. The van der Waals surface area contributed by atoms with E-state index in [-0.39, 0.29) is 0 Å². The quantitative estimate of drug-likeness (QED) is 0.715. The van der Waals surface area contributed by atoms with Crippen molar-refractivity contribution in [1.29, 1.82) is 5.26 Å². The van der Waals surface area contributed by atoms with Crippen LogP contribution >= 0.6 is 0 Å². The summed E-state index contributed by atoms with van der Waals surface area (Å²) in [6.07, 6.45) is 0.987. The van der Waals surface area contributed by atoms with Crippen LogP contribution in [0.3, 0.4) is 0 Å². The van der Waals surface area contributed by atoms with E-state index in [9.17, 15) is 0 Å². The molecule has 5 nitrogen and oxygen atoms in total. The Kier molecular flexibility index (Phi) is 2.75. The molecule has 0 amide bonds. The molecule has 0 saturated carbocycles. The molecule has 0 bridgehead atoms. The number of anilines is 2. The molecule has 5 heteroatoms. The number of nitriles is 1. The van der Waals surface area contributed by atoms with Crippen LogP contribution in [0.1, 0.15) is 18.9 Å². The Morgan fingerprint density at radius 3 is 2.92 bits per heavy atom. The van der Waals surface area contributed by atoms with E-state index in [1.54, 1.807) is 7.05 Å². The molecule has 1 rings (SSSR count). The largest absolute Gasteiger partial charge is 0.383 e. The standard InChI is InChI=1S/C8H13N5/c1-3-4-11-8-6(5-9)7(10)13(2)12-8/h3-4,10H2,1-2H3,(H,11,12). The fraction of sp³-hybridized carbons (Fsp3) is 0.500. The van der Waals surface area contributed by atoms with Crippen LogP contribution in [0.25, 0.3) is 0 Å². The highest BCUT2D eigenvalue weighted by molar-refractivity contribution is 5.63. The zero-order valence-electron chi connectivity index (χ0n) is 7.83. The number of nitrogen functional groups attached to an aromatic ring is 1. The average Bonchev–Trinajstić information content (AvgIpc) is 2.39. The van der Waals surface area contributed by atoms with Crippen molar-refractivity contribution in [3.8, 4) is 6.07 Å². The normalized spacial score (nSPS) is 9.62. The Balaban J connectivity index is 2.94. The molecule has 1 aromatic rings. The Morgan fingerprint density at radius 1 is 1.69 bits per heavy atom. The zero-order valence-corrected chi connectivity index (χ0v) is 7.83. The van der Waals surface area contributed by atoms with Gasteiger partial charge in [-0.05, 0) is 6.42 Å². The maximum atomic E-state index is 8.79. The second-order valence-electron chi connectivity index (χ2n) is 2.77. The first-order valence-corrected chi connectivity index (χ1v) is 4.17. The van der Waals surface area contributed by atoms with Crippen molar-refractivity contribution in [3.63, 3.8) is 0 Å². The van der Waals surface area contributed by atoms with Gasteiger partial charge >= 0.3 is 0 Å². The van der Waals surface area contributed by atoms with Gasteiger partial charge in [0.15, 0.2) is 5.82 Å². The molecule has 0 saturated heterocycles. The van der Waals surface area contributed by atoms with Crippen molar-refractivity contribution < 1.29 is 0 Å². The summed E-state index contributed by atoms with van der Waals surface area (Å²) in [5.41, 5.74) is 6.05. The molecule has 0 spiro atoms. The van der Waals surface area contributed by atoms with Gasteiger partial charge in [0.2, 0.25) is 0 Å². The van der Waals surface area contributed by atoms with Gasteiger partial charge in [0.25, 0.3) is 0 Å². The molecular formula is C8H13N5. The van der Waals surface area contributed by atoms with Crippen molar-refractivity contribution >= 4 is 11.6 Å². The number of aryl methyl sites for hydroxylation is 1. The van der Waals surface area contributed by atoms with Crippen molar-refractivity contribution in [3.05, 3.63) is 5.56 Å². The number of rotatable bonds is 3. The molecule has 0 aliphatic rings. The molecule has 3 N–H and O–H groups in total. The number of nitrogens with one attached hydrogen (secondary N) is 1. The van der Waals surface area contributed by atoms with E-state index in [1.807, 2.05) is 13.0 Å². The first kappa shape index (κ1) is 9.39. The van der Waals surface area contributed by atoms with E-state index < -0.39 is 0 Å². The van der Waals surface area contributed by atoms with Gasteiger partial charge in [0.05, 0.1) is 0 Å². The van der Waals surface area contributed by atoms with E-state index in [1.165, 1.54) is 4.68 Å². The van der Waals surface area contributed by atoms with E-state index in [0.717, 1.165) is 13.0 Å². The van der Waals surface area contributed by atoms with Gasteiger partial charge in [-0.2, -0.15) is 10.4 Å². The van der Waals surface area contributed by atoms with Gasteiger partial charge < -0.3 is 11.1 Å². The second kappa shape index (κ2) is 3.81. The lowest BCUT2D eigenvalue weighted by molar-refractivity contribution is 0.778. The highest BCUT2D eigenvalue weighted by atomic mass is 15.3. The number of hydrogen-bond donors (Lipinski definition) is 2. The SMILES string of the molecule is CCCNc1nn(C)c(N)c1C#N. The lowest BCUT2D eigenvalue weighted by atomic mass is 10.3. The second-order valence-corrected chi connectivity index (χ2v) is 2.77. The van der Waals surface area contributed by atoms with Gasteiger partial charge in [0, 0.05) is 13.6 Å². The number of hydrogen-bond acceptors (Lipinski definition) is 4. The summed E-state index contributed by atoms with van der Waals surface area (Å²) in [4.78, 5) is 0. The number of aromatic nitrogens is 2. The van der Waals surface area contributed by atoms with E-state index in [2.05, 4.69) is 10.4 Å². The molecule has 0 unspecified atom stereocenters. The van der Waals surface area contributed by atoms with Crippen molar-refractivity contribution in [1.82, 2.24) is 9.78 Å². The minimum atomic E-state index is 0.404. The molecule has 0 radical (unpaired) electrons. The van der Waals surface area contributed by atoms with Crippen LogP contribution in [0, 0.1) is 11.3 Å². The molecule has 70 valence electrons. The van der Waals surface area contributed by atoms with Crippen LogP contribution < -0.4 is 11.1 Å². The summed E-state index contributed by atoms with van der Waals surface area (Å²) in [5, 5.41) is 15.9. The molecular weight excluding hydrogens is 166 g/mol. The van der Waals surface area contributed by atoms with Crippen molar-refractivity contribution in [2.75, 3.05) is 17.6 Å². The molecule has 1 heterocycles. The molecule has 0 aliphatic carbocycles. The first-order valence-electron chi connectivity index (χ1n) is 4.17. The van der Waals surface area contributed by atoms with Gasteiger partial charge in [-0.3, -0.25) is 0 Å². The summed E-state index contributed by atoms with van der Waals surface area (Å²) in [6.45, 7) is 2.84.